The number of carbonyl (C=O) groups is 1. The Balaban J connectivity index is 2.53. The molecule has 0 aromatic heterocycles. The van der Waals surface area contributed by atoms with Gasteiger partial charge in [0, 0.05) is 0 Å². The lowest BCUT2D eigenvalue weighted by atomic mass is 9.65. The summed E-state index contributed by atoms with van der Waals surface area (Å²) < 4.78 is 126. The minimum Gasteiger partial charge on any atom is -0.458 e. The predicted octanol–water partition coefficient (Wildman–Crippen LogP) is 5.27. The molecular weight excluding hydrogens is 435 g/mol. The first-order valence-electron chi connectivity index (χ1n) is 9.37. The van der Waals surface area contributed by atoms with E-state index in [1.807, 2.05) is 0 Å². The summed E-state index contributed by atoms with van der Waals surface area (Å²) in [7, 11) is 0. The number of ether oxygens (including phenoxy) is 1. The average Bonchev–Trinajstić information content (AvgIpc) is 3.07. The second-order valence-electron chi connectivity index (χ2n) is 8.83. The SMILES string of the molecule is CC(C)C(OC(=O)C1(C(F)(F)F)CC2CC1C(C)C2C)C(O)(C(F)(F)F)C(F)(F)F. The minimum absolute atomic E-state index is 0.0356. The van der Waals surface area contributed by atoms with Gasteiger partial charge in [-0.15, -0.1) is 0 Å². The van der Waals surface area contributed by atoms with E-state index in [1.54, 1.807) is 6.92 Å². The van der Waals surface area contributed by atoms with Crippen LogP contribution in [0.1, 0.15) is 40.5 Å². The van der Waals surface area contributed by atoms with Crippen LogP contribution < -0.4 is 0 Å². The highest BCUT2D eigenvalue weighted by atomic mass is 19.4. The highest BCUT2D eigenvalue weighted by Gasteiger charge is 2.78. The topological polar surface area (TPSA) is 46.5 Å². The van der Waals surface area contributed by atoms with Gasteiger partial charge in [-0.05, 0) is 42.4 Å². The summed E-state index contributed by atoms with van der Waals surface area (Å²) in [4.78, 5) is 12.7. The van der Waals surface area contributed by atoms with Crippen molar-refractivity contribution >= 4 is 5.97 Å². The van der Waals surface area contributed by atoms with Crippen LogP contribution in [0.15, 0.2) is 0 Å². The van der Waals surface area contributed by atoms with Crippen LogP contribution in [-0.4, -0.2) is 41.3 Å². The Kier molecular flexibility index (Phi) is 5.98. The largest absolute Gasteiger partial charge is 0.458 e. The molecule has 6 atom stereocenters. The Bertz CT molecular complexity index is 651. The first kappa shape index (κ1) is 25.1. The number of hydrogen-bond donors (Lipinski definition) is 1. The van der Waals surface area contributed by atoms with Gasteiger partial charge in [0.2, 0.25) is 0 Å². The monoisotopic (exact) mass is 458 g/mol. The fraction of sp³-hybridized carbons (Fsp3) is 0.944. The number of aliphatic hydroxyl groups is 1. The van der Waals surface area contributed by atoms with Crippen molar-refractivity contribution in [3.63, 3.8) is 0 Å². The number of esters is 1. The molecule has 2 fully saturated rings. The summed E-state index contributed by atoms with van der Waals surface area (Å²) in [5.74, 6) is -6.72. The molecule has 30 heavy (non-hydrogen) atoms. The molecule has 2 bridgehead atoms. The van der Waals surface area contributed by atoms with Crippen LogP contribution in [-0.2, 0) is 9.53 Å². The Labute approximate surface area is 166 Å². The van der Waals surface area contributed by atoms with E-state index in [2.05, 4.69) is 4.74 Å². The maximum atomic E-state index is 14.0. The third kappa shape index (κ3) is 3.37. The molecule has 3 nitrogen and oxygen atoms in total. The van der Waals surface area contributed by atoms with Crippen molar-refractivity contribution < 1.29 is 54.2 Å². The molecule has 0 heterocycles. The number of halogens is 9. The molecule has 0 saturated heterocycles. The number of carbonyl (C=O) groups excluding carboxylic acids is 1. The number of fused-ring (bicyclic) bond motifs is 2. The fourth-order valence-electron chi connectivity index (χ4n) is 5.12. The van der Waals surface area contributed by atoms with Crippen LogP contribution in [0, 0.1) is 35.0 Å². The zero-order valence-corrected chi connectivity index (χ0v) is 16.5. The van der Waals surface area contributed by atoms with Crippen LogP contribution in [0.4, 0.5) is 39.5 Å². The summed E-state index contributed by atoms with van der Waals surface area (Å²) in [5.41, 5.74) is -8.73. The molecule has 2 rings (SSSR count). The van der Waals surface area contributed by atoms with Crippen molar-refractivity contribution in [1.82, 2.24) is 0 Å². The molecule has 176 valence electrons. The van der Waals surface area contributed by atoms with Crippen molar-refractivity contribution in [2.45, 2.75) is 70.8 Å². The van der Waals surface area contributed by atoms with Gasteiger partial charge in [0.25, 0.3) is 5.60 Å². The molecule has 0 amide bonds. The van der Waals surface area contributed by atoms with E-state index in [0.717, 1.165) is 13.8 Å². The molecule has 1 N–H and O–H groups in total. The second kappa shape index (κ2) is 7.16. The van der Waals surface area contributed by atoms with E-state index in [9.17, 15) is 49.4 Å². The molecule has 0 aromatic rings. The number of alkyl halides is 9. The van der Waals surface area contributed by atoms with E-state index in [1.165, 1.54) is 6.92 Å². The van der Waals surface area contributed by atoms with Crippen LogP contribution in [0.5, 0.6) is 0 Å². The lowest BCUT2D eigenvalue weighted by Crippen LogP contribution is -2.67. The highest BCUT2D eigenvalue weighted by Crippen LogP contribution is 2.67. The van der Waals surface area contributed by atoms with Gasteiger partial charge < -0.3 is 9.84 Å². The predicted molar refractivity (Wildman–Crippen MR) is 84.8 cm³/mol. The Morgan fingerprint density at radius 1 is 0.967 bits per heavy atom. The lowest BCUT2D eigenvalue weighted by Gasteiger charge is -2.45. The standard InChI is InChI=1S/C18H23F9O3/c1-7(2)12(15(29,17(22,23)24)18(25,26)27)30-13(28)14(16(19,20)21)6-10-5-11(14)9(4)8(10)3/h7-12,29H,5-6H2,1-4H3. The third-order valence-corrected chi connectivity index (χ3v) is 6.97. The number of hydrogen-bond acceptors (Lipinski definition) is 3. The summed E-state index contributed by atoms with van der Waals surface area (Å²) in [6, 6.07) is 0. The van der Waals surface area contributed by atoms with Crippen molar-refractivity contribution in [2.24, 2.45) is 35.0 Å². The summed E-state index contributed by atoms with van der Waals surface area (Å²) in [5, 5.41) is 9.61. The van der Waals surface area contributed by atoms with Gasteiger partial charge in [0.1, 0.15) is 0 Å². The quantitative estimate of drug-likeness (QED) is 0.461. The Morgan fingerprint density at radius 3 is 1.73 bits per heavy atom. The van der Waals surface area contributed by atoms with Gasteiger partial charge in [0.15, 0.2) is 11.5 Å². The smallest absolute Gasteiger partial charge is 0.430 e. The van der Waals surface area contributed by atoms with Crippen LogP contribution >= 0.6 is 0 Å². The van der Waals surface area contributed by atoms with Gasteiger partial charge in [-0.2, -0.15) is 39.5 Å². The molecule has 0 spiro atoms. The zero-order chi connectivity index (χ0) is 23.7. The molecule has 0 radical (unpaired) electrons. The molecule has 0 aromatic carbocycles. The molecule has 2 aliphatic rings. The number of rotatable bonds is 4. The van der Waals surface area contributed by atoms with Crippen molar-refractivity contribution in [1.29, 1.82) is 0 Å². The van der Waals surface area contributed by atoms with Crippen LogP contribution in [0.2, 0.25) is 0 Å². The molecule has 12 heteroatoms. The van der Waals surface area contributed by atoms with Gasteiger partial charge in [0.05, 0.1) is 0 Å². The zero-order valence-electron chi connectivity index (χ0n) is 16.5. The Hall–Kier alpha value is -1.20. The van der Waals surface area contributed by atoms with Gasteiger partial charge in [-0.25, -0.2) is 0 Å². The maximum absolute atomic E-state index is 14.0. The van der Waals surface area contributed by atoms with Crippen molar-refractivity contribution in [3.05, 3.63) is 0 Å². The molecule has 2 aliphatic carbocycles. The van der Waals surface area contributed by atoms with Crippen molar-refractivity contribution in [3.8, 4) is 0 Å². The van der Waals surface area contributed by atoms with E-state index in [0.29, 0.717) is 0 Å². The van der Waals surface area contributed by atoms with Crippen molar-refractivity contribution in [2.75, 3.05) is 0 Å². The van der Waals surface area contributed by atoms with Gasteiger partial charge >= 0.3 is 24.5 Å². The lowest BCUT2D eigenvalue weighted by molar-refractivity contribution is -0.396. The fourth-order valence-corrected chi connectivity index (χ4v) is 5.12. The normalized spacial score (nSPS) is 33.8. The summed E-state index contributed by atoms with van der Waals surface area (Å²) in [6.07, 6.45) is -22.0. The maximum Gasteiger partial charge on any atom is 0.430 e. The molecule has 0 aliphatic heterocycles. The third-order valence-electron chi connectivity index (χ3n) is 6.97. The van der Waals surface area contributed by atoms with E-state index >= 15 is 0 Å². The summed E-state index contributed by atoms with van der Waals surface area (Å²) in [6.45, 7) is 4.71. The van der Waals surface area contributed by atoms with E-state index in [-0.39, 0.29) is 12.3 Å². The first-order valence-corrected chi connectivity index (χ1v) is 9.37. The van der Waals surface area contributed by atoms with Gasteiger partial charge in [-0.3, -0.25) is 4.79 Å². The van der Waals surface area contributed by atoms with Crippen LogP contribution in [0.3, 0.4) is 0 Å². The molecular formula is C18H23F9O3. The van der Waals surface area contributed by atoms with Gasteiger partial charge in [-0.1, -0.05) is 27.7 Å². The highest BCUT2D eigenvalue weighted by molar-refractivity contribution is 5.79. The minimum atomic E-state index is -6.34. The van der Waals surface area contributed by atoms with E-state index < -0.39 is 71.7 Å². The van der Waals surface area contributed by atoms with Crippen LogP contribution in [0.25, 0.3) is 0 Å². The first-order chi connectivity index (χ1) is 13.2. The summed E-state index contributed by atoms with van der Waals surface area (Å²) >= 11 is 0. The molecule has 2 saturated carbocycles. The molecule has 6 unspecified atom stereocenters. The van der Waals surface area contributed by atoms with E-state index in [4.69, 9.17) is 0 Å². The Morgan fingerprint density at radius 2 is 1.43 bits per heavy atom. The second-order valence-corrected chi connectivity index (χ2v) is 8.83. The average molecular weight is 458 g/mol.